The summed E-state index contributed by atoms with van der Waals surface area (Å²) in [7, 11) is -3.26. The van der Waals surface area contributed by atoms with Crippen LogP contribution in [0.25, 0.3) is 0 Å². The van der Waals surface area contributed by atoms with E-state index in [0.29, 0.717) is 50.3 Å². The lowest BCUT2D eigenvalue weighted by Gasteiger charge is -2.37. The van der Waals surface area contributed by atoms with Gasteiger partial charge in [0.1, 0.15) is 5.75 Å². The van der Waals surface area contributed by atoms with Crippen LogP contribution in [0.4, 0.5) is 5.69 Å². The first-order chi connectivity index (χ1) is 15.8. The highest BCUT2D eigenvalue weighted by Gasteiger charge is 2.38. The lowest BCUT2D eigenvalue weighted by Crippen LogP contribution is -2.53. The van der Waals surface area contributed by atoms with Crippen LogP contribution in [0.1, 0.15) is 18.4 Å². The van der Waals surface area contributed by atoms with Crippen molar-refractivity contribution in [3.05, 3.63) is 60.2 Å². The number of piperidine rings is 1. The summed E-state index contributed by atoms with van der Waals surface area (Å²) in [5.41, 5.74) is 1.77. The molecule has 0 aromatic heterocycles. The first-order valence-corrected chi connectivity index (χ1v) is 13.0. The number of carbonyl (C=O) groups is 2. The summed E-state index contributed by atoms with van der Waals surface area (Å²) in [6, 6.07) is 17.1. The Morgan fingerprint density at radius 1 is 1.03 bits per heavy atom. The lowest BCUT2D eigenvalue weighted by molar-refractivity contribution is -0.129. The van der Waals surface area contributed by atoms with Crippen LogP contribution in [-0.2, 0) is 26.0 Å². The molecule has 2 amide bonds. The largest absolute Gasteiger partial charge is 0.477 e. The van der Waals surface area contributed by atoms with Gasteiger partial charge in [-0.05, 0) is 37.0 Å². The maximum atomic E-state index is 13.4. The van der Waals surface area contributed by atoms with Gasteiger partial charge in [-0.2, -0.15) is 0 Å². The van der Waals surface area contributed by atoms with Crippen LogP contribution in [-0.4, -0.2) is 63.1 Å². The second-order valence-corrected chi connectivity index (χ2v) is 10.5. The highest BCUT2D eigenvalue weighted by atomic mass is 32.2. The summed E-state index contributed by atoms with van der Waals surface area (Å²) in [6.07, 6.45) is 2.00. The zero-order valence-corrected chi connectivity index (χ0v) is 19.5. The van der Waals surface area contributed by atoms with Gasteiger partial charge in [0.05, 0.1) is 18.5 Å². The van der Waals surface area contributed by atoms with Gasteiger partial charge >= 0.3 is 0 Å². The van der Waals surface area contributed by atoms with E-state index in [-0.39, 0.29) is 24.3 Å². The van der Waals surface area contributed by atoms with Gasteiger partial charge in [-0.3, -0.25) is 9.59 Å². The molecule has 0 spiro atoms. The third-order valence-electron chi connectivity index (χ3n) is 6.16. The Hall–Kier alpha value is -2.91. The molecule has 1 atom stereocenters. The molecule has 2 aliphatic heterocycles. The van der Waals surface area contributed by atoms with E-state index < -0.39 is 16.1 Å². The van der Waals surface area contributed by atoms with E-state index in [1.165, 1.54) is 10.6 Å². The first kappa shape index (κ1) is 23.3. The SMILES string of the molecule is CS(=O)(=O)N1CCC(C(=O)N2C[C@@H](C(=O)NCCc3ccccc3)Oc3ccccc32)CC1. The third-order valence-corrected chi connectivity index (χ3v) is 7.46. The Labute approximate surface area is 194 Å². The van der Waals surface area contributed by atoms with Gasteiger partial charge in [0.15, 0.2) is 6.10 Å². The molecule has 4 rings (SSSR count). The van der Waals surface area contributed by atoms with Gasteiger partial charge in [-0.15, -0.1) is 0 Å². The van der Waals surface area contributed by atoms with Crippen molar-refractivity contribution < 1.29 is 22.7 Å². The molecule has 2 heterocycles. The lowest BCUT2D eigenvalue weighted by atomic mass is 9.95. The van der Waals surface area contributed by atoms with E-state index in [1.54, 1.807) is 11.0 Å². The van der Waals surface area contributed by atoms with Gasteiger partial charge in [-0.25, -0.2) is 12.7 Å². The number of nitrogens with one attached hydrogen (secondary N) is 1. The highest BCUT2D eigenvalue weighted by Crippen LogP contribution is 2.35. The van der Waals surface area contributed by atoms with Crippen LogP contribution in [0.2, 0.25) is 0 Å². The summed E-state index contributed by atoms with van der Waals surface area (Å²) in [4.78, 5) is 27.9. The number of para-hydroxylation sites is 2. The maximum absolute atomic E-state index is 13.4. The molecule has 9 heteroatoms. The summed E-state index contributed by atoms with van der Waals surface area (Å²) in [5.74, 6) is -0.157. The van der Waals surface area contributed by atoms with Crippen LogP contribution in [0.3, 0.4) is 0 Å². The molecule has 0 saturated carbocycles. The summed E-state index contributed by atoms with van der Waals surface area (Å²) in [6.45, 7) is 1.25. The van der Waals surface area contributed by atoms with Crippen molar-refractivity contribution in [1.29, 1.82) is 0 Å². The fourth-order valence-corrected chi connectivity index (χ4v) is 5.20. The Kier molecular flexibility index (Phi) is 6.99. The monoisotopic (exact) mass is 471 g/mol. The molecule has 2 aromatic carbocycles. The molecule has 0 radical (unpaired) electrons. The summed E-state index contributed by atoms with van der Waals surface area (Å²) in [5, 5.41) is 2.92. The molecule has 1 saturated heterocycles. The van der Waals surface area contributed by atoms with E-state index in [2.05, 4.69) is 5.32 Å². The standard InChI is InChI=1S/C24H29N3O5S/c1-33(30,31)26-15-12-19(13-16-26)24(29)27-17-22(32-21-10-6-5-9-20(21)27)23(28)25-14-11-18-7-3-2-4-8-18/h2-10,19,22H,11-17H2,1H3,(H,25,28)/t22-/m0/s1. The number of nitrogens with zero attached hydrogens (tertiary/aromatic N) is 2. The number of anilines is 1. The van der Waals surface area contributed by atoms with E-state index in [0.717, 1.165) is 5.56 Å². The van der Waals surface area contributed by atoms with Crippen LogP contribution < -0.4 is 15.0 Å². The van der Waals surface area contributed by atoms with E-state index in [4.69, 9.17) is 4.74 Å². The van der Waals surface area contributed by atoms with Crippen LogP contribution in [0.15, 0.2) is 54.6 Å². The number of hydrogen-bond acceptors (Lipinski definition) is 5. The van der Waals surface area contributed by atoms with Crippen LogP contribution in [0, 0.1) is 5.92 Å². The van der Waals surface area contributed by atoms with Crippen molar-refractivity contribution in [1.82, 2.24) is 9.62 Å². The summed E-state index contributed by atoms with van der Waals surface area (Å²) < 4.78 is 30.9. The van der Waals surface area contributed by atoms with Crippen molar-refractivity contribution in [2.75, 3.05) is 37.3 Å². The minimum absolute atomic E-state index is 0.0963. The van der Waals surface area contributed by atoms with Crippen LogP contribution in [0.5, 0.6) is 5.75 Å². The fraction of sp³-hybridized carbons (Fsp3) is 0.417. The highest BCUT2D eigenvalue weighted by molar-refractivity contribution is 7.88. The van der Waals surface area contributed by atoms with Gasteiger partial charge in [0.2, 0.25) is 15.9 Å². The molecule has 33 heavy (non-hydrogen) atoms. The molecule has 1 fully saturated rings. The minimum Gasteiger partial charge on any atom is -0.477 e. The number of fused-ring (bicyclic) bond motifs is 1. The molecule has 8 nitrogen and oxygen atoms in total. The zero-order chi connectivity index (χ0) is 23.4. The van der Waals surface area contributed by atoms with Gasteiger partial charge in [-0.1, -0.05) is 42.5 Å². The van der Waals surface area contributed by atoms with Crippen molar-refractivity contribution in [2.45, 2.75) is 25.4 Å². The molecule has 0 unspecified atom stereocenters. The number of benzene rings is 2. The van der Waals surface area contributed by atoms with Gasteiger partial charge in [0.25, 0.3) is 5.91 Å². The first-order valence-electron chi connectivity index (χ1n) is 11.2. The van der Waals surface area contributed by atoms with E-state index in [9.17, 15) is 18.0 Å². The average molecular weight is 472 g/mol. The Morgan fingerprint density at radius 3 is 2.39 bits per heavy atom. The van der Waals surface area contributed by atoms with Crippen molar-refractivity contribution in [3.8, 4) is 5.75 Å². The summed E-state index contributed by atoms with van der Waals surface area (Å²) >= 11 is 0. The Bertz CT molecular complexity index is 1100. The number of sulfonamides is 1. The van der Waals surface area contributed by atoms with Crippen molar-refractivity contribution in [3.63, 3.8) is 0 Å². The van der Waals surface area contributed by atoms with E-state index in [1.807, 2.05) is 48.5 Å². The molecule has 1 N–H and O–H groups in total. The zero-order valence-electron chi connectivity index (χ0n) is 18.6. The number of amides is 2. The third kappa shape index (κ3) is 5.54. The molecule has 2 aromatic rings. The van der Waals surface area contributed by atoms with Gasteiger partial charge in [0, 0.05) is 25.6 Å². The Morgan fingerprint density at radius 2 is 1.70 bits per heavy atom. The topological polar surface area (TPSA) is 96.0 Å². The van der Waals surface area contributed by atoms with E-state index >= 15 is 0 Å². The normalized spacial score (nSPS) is 19.4. The van der Waals surface area contributed by atoms with Crippen molar-refractivity contribution in [2.24, 2.45) is 5.92 Å². The predicted octanol–water partition coefficient (Wildman–Crippen LogP) is 1.81. The maximum Gasteiger partial charge on any atom is 0.262 e. The fourth-order valence-electron chi connectivity index (χ4n) is 4.32. The second kappa shape index (κ2) is 9.93. The van der Waals surface area contributed by atoms with Crippen molar-refractivity contribution >= 4 is 27.5 Å². The molecule has 176 valence electrons. The quantitative estimate of drug-likeness (QED) is 0.693. The molecular formula is C24H29N3O5S. The number of rotatable bonds is 6. The predicted molar refractivity (Wildman–Crippen MR) is 126 cm³/mol. The van der Waals surface area contributed by atoms with Crippen LogP contribution >= 0.6 is 0 Å². The molecule has 2 aliphatic rings. The molecular weight excluding hydrogens is 442 g/mol. The Balaban J connectivity index is 1.42. The second-order valence-electron chi connectivity index (χ2n) is 8.49. The molecule has 0 aliphatic carbocycles. The van der Waals surface area contributed by atoms with Gasteiger partial charge < -0.3 is 15.0 Å². The molecule has 0 bridgehead atoms. The number of ether oxygens (including phenoxy) is 1. The number of carbonyl (C=O) groups excluding carboxylic acids is 2. The smallest absolute Gasteiger partial charge is 0.262 e. The number of hydrogen-bond donors (Lipinski definition) is 1. The minimum atomic E-state index is -3.26. The average Bonchev–Trinajstić information content (AvgIpc) is 2.83.